The fourth-order valence-corrected chi connectivity index (χ4v) is 3.64. The van der Waals surface area contributed by atoms with Gasteiger partial charge in [-0.2, -0.15) is 0 Å². The first-order valence-electron chi connectivity index (χ1n) is 7.17. The molecule has 0 saturated heterocycles. The number of carboxylic acid groups (broad SMARTS) is 1. The summed E-state index contributed by atoms with van der Waals surface area (Å²) in [5, 5.41) is 14.7. The lowest BCUT2D eigenvalue weighted by Gasteiger charge is -2.36. The van der Waals surface area contributed by atoms with E-state index in [0.29, 0.717) is 31.7 Å². The van der Waals surface area contributed by atoms with Gasteiger partial charge in [0.25, 0.3) is 5.91 Å². The zero-order valence-electron chi connectivity index (χ0n) is 12.1. The molecule has 116 valence electrons. The molecule has 1 saturated carbocycles. The van der Waals surface area contributed by atoms with Crippen molar-refractivity contribution in [2.24, 2.45) is 11.7 Å². The lowest BCUT2D eigenvalue weighted by atomic mass is 9.76. The van der Waals surface area contributed by atoms with Crippen molar-refractivity contribution in [2.45, 2.75) is 44.6 Å². The van der Waals surface area contributed by atoms with Crippen LogP contribution in [0.25, 0.3) is 0 Å². The second-order valence-electron chi connectivity index (χ2n) is 5.71. The zero-order chi connectivity index (χ0) is 15.5. The largest absolute Gasteiger partial charge is 0.480 e. The van der Waals surface area contributed by atoms with Gasteiger partial charge in [-0.15, -0.1) is 11.3 Å². The highest BCUT2D eigenvalue weighted by molar-refractivity contribution is 7.09. The number of carbonyl (C=O) groups is 2. The minimum atomic E-state index is -1.16. The van der Waals surface area contributed by atoms with Crippen molar-refractivity contribution in [1.82, 2.24) is 10.3 Å². The van der Waals surface area contributed by atoms with E-state index >= 15 is 0 Å². The van der Waals surface area contributed by atoms with Crippen molar-refractivity contribution in [1.29, 1.82) is 0 Å². The quantitative estimate of drug-likeness (QED) is 0.762. The number of hydrogen-bond acceptors (Lipinski definition) is 5. The maximum Gasteiger partial charge on any atom is 0.329 e. The predicted octanol–water partition coefficient (Wildman–Crippen LogP) is 1.41. The van der Waals surface area contributed by atoms with E-state index in [-0.39, 0.29) is 5.69 Å². The Labute approximate surface area is 127 Å². The van der Waals surface area contributed by atoms with Crippen LogP contribution in [-0.2, 0) is 11.2 Å². The Morgan fingerprint density at radius 2 is 2.38 bits per heavy atom. The molecule has 0 radical (unpaired) electrons. The van der Waals surface area contributed by atoms with Crippen LogP contribution in [0.3, 0.4) is 0 Å². The third-order valence-corrected chi connectivity index (χ3v) is 4.81. The Hall–Kier alpha value is -1.47. The number of rotatable bonds is 5. The van der Waals surface area contributed by atoms with E-state index in [4.69, 9.17) is 5.73 Å². The lowest BCUT2D eigenvalue weighted by molar-refractivity contribution is -0.146. The summed E-state index contributed by atoms with van der Waals surface area (Å²) in [5.41, 5.74) is 4.58. The highest BCUT2D eigenvalue weighted by atomic mass is 32.1. The summed E-state index contributed by atoms with van der Waals surface area (Å²) in [6.45, 7) is 2.50. The van der Waals surface area contributed by atoms with E-state index in [1.54, 1.807) is 5.38 Å². The molecule has 1 heterocycles. The van der Waals surface area contributed by atoms with Gasteiger partial charge in [0.05, 0.1) is 5.01 Å². The van der Waals surface area contributed by atoms with Crippen molar-refractivity contribution in [3.05, 3.63) is 16.1 Å². The van der Waals surface area contributed by atoms with Crippen LogP contribution in [0.1, 0.15) is 48.1 Å². The van der Waals surface area contributed by atoms with E-state index in [1.165, 1.54) is 11.3 Å². The van der Waals surface area contributed by atoms with Crippen LogP contribution in [0.4, 0.5) is 0 Å². The summed E-state index contributed by atoms with van der Waals surface area (Å²) >= 11 is 1.37. The Balaban J connectivity index is 2.12. The van der Waals surface area contributed by atoms with Crippen LogP contribution in [-0.4, -0.2) is 34.1 Å². The third-order valence-electron chi connectivity index (χ3n) is 3.90. The molecule has 7 heteroatoms. The van der Waals surface area contributed by atoms with Crippen LogP contribution in [0, 0.1) is 5.92 Å². The molecule has 1 aromatic heterocycles. The van der Waals surface area contributed by atoms with E-state index in [2.05, 4.69) is 10.3 Å². The smallest absolute Gasteiger partial charge is 0.329 e. The molecule has 0 bridgehead atoms. The Kier molecular flexibility index (Phi) is 4.95. The molecule has 0 aromatic carbocycles. The lowest BCUT2D eigenvalue weighted by Crippen LogP contribution is -2.56. The Bertz CT molecular complexity index is 531. The summed E-state index contributed by atoms with van der Waals surface area (Å²) < 4.78 is 0. The van der Waals surface area contributed by atoms with E-state index < -0.39 is 17.4 Å². The molecule has 1 aliphatic carbocycles. The second kappa shape index (κ2) is 6.53. The van der Waals surface area contributed by atoms with Gasteiger partial charge in [-0.25, -0.2) is 9.78 Å². The number of carbonyl (C=O) groups excluding carboxylic acids is 1. The van der Waals surface area contributed by atoms with Gasteiger partial charge in [-0.05, 0) is 25.3 Å². The summed E-state index contributed by atoms with van der Waals surface area (Å²) in [4.78, 5) is 28.1. The number of amides is 1. The first kappa shape index (κ1) is 15.9. The molecule has 1 amide bonds. The van der Waals surface area contributed by atoms with Gasteiger partial charge in [-0.3, -0.25) is 4.79 Å². The van der Waals surface area contributed by atoms with E-state index in [9.17, 15) is 14.7 Å². The molecule has 6 nitrogen and oxygen atoms in total. The molecule has 1 fully saturated rings. The number of nitrogens with two attached hydrogens (primary N) is 1. The van der Waals surface area contributed by atoms with Gasteiger partial charge in [-0.1, -0.05) is 19.8 Å². The third kappa shape index (κ3) is 3.59. The van der Waals surface area contributed by atoms with E-state index in [0.717, 1.165) is 17.8 Å². The molecule has 2 unspecified atom stereocenters. The second-order valence-corrected chi connectivity index (χ2v) is 6.65. The molecule has 0 spiro atoms. The number of aliphatic carboxylic acids is 1. The summed E-state index contributed by atoms with van der Waals surface area (Å²) in [5.74, 6) is -1.08. The van der Waals surface area contributed by atoms with Crippen LogP contribution in [0.15, 0.2) is 5.38 Å². The fraction of sp³-hybridized carbons (Fsp3) is 0.643. The minimum absolute atomic E-state index is 0.280. The van der Waals surface area contributed by atoms with Crippen molar-refractivity contribution >= 4 is 23.2 Å². The number of carboxylic acids is 1. The molecule has 4 N–H and O–H groups in total. The standard InChI is InChI=1S/C14H21N3O3S/c1-9-3-2-5-14(7-9,13(19)20)17-12(18)10-8-21-11(16-10)4-6-15/h8-9H,2-7,15H2,1H3,(H,17,18)(H,19,20). The summed E-state index contributed by atoms with van der Waals surface area (Å²) in [6.07, 6.45) is 3.37. The van der Waals surface area contributed by atoms with Crippen LogP contribution < -0.4 is 11.1 Å². The van der Waals surface area contributed by atoms with Crippen molar-refractivity contribution < 1.29 is 14.7 Å². The topological polar surface area (TPSA) is 105 Å². The SMILES string of the molecule is CC1CCCC(NC(=O)c2csc(CCN)n2)(C(=O)O)C1. The highest BCUT2D eigenvalue weighted by Crippen LogP contribution is 2.32. The average molecular weight is 311 g/mol. The summed E-state index contributed by atoms with van der Waals surface area (Å²) in [6, 6.07) is 0. The van der Waals surface area contributed by atoms with Crippen LogP contribution in [0.5, 0.6) is 0 Å². The van der Waals surface area contributed by atoms with E-state index in [1.807, 2.05) is 6.92 Å². The molecule has 1 aromatic rings. The molecular weight excluding hydrogens is 290 g/mol. The average Bonchev–Trinajstić information content (AvgIpc) is 2.87. The fourth-order valence-electron chi connectivity index (χ4n) is 2.85. The van der Waals surface area contributed by atoms with Gasteiger partial charge in [0.1, 0.15) is 11.2 Å². The van der Waals surface area contributed by atoms with Gasteiger partial charge in [0.2, 0.25) is 0 Å². The first-order valence-corrected chi connectivity index (χ1v) is 8.05. The molecule has 1 aliphatic rings. The minimum Gasteiger partial charge on any atom is -0.480 e. The van der Waals surface area contributed by atoms with Gasteiger partial charge < -0.3 is 16.2 Å². The maximum atomic E-state index is 12.3. The number of nitrogens with one attached hydrogen (secondary N) is 1. The zero-order valence-corrected chi connectivity index (χ0v) is 12.9. The number of aromatic nitrogens is 1. The molecule has 0 aliphatic heterocycles. The van der Waals surface area contributed by atoms with Crippen molar-refractivity contribution in [2.75, 3.05) is 6.54 Å². The Morgan fingerprint density at radius 3 is 3.00 bits per heavy atom. The van der Waals surface area contributed by atoms with Gasteiger partial charge >= 0.3 is 5.97 Å². The molecule has 2 rings (SSSR count). The van der Waals surface area contributed by atoms with Gasteiger partial charge in [0, 0.05) is 11.8 Å². The molecule has 2 atom stereocenters. The summed E-state index contributed by atoms with van der Waals surface area (Å²) in [7, 11) is 0. The molecular formula is C14H21N3O3S. The normalized spacial score (nSPS) is 25.5. The van der Waals surface area contributed by atoms with Crippen molar-refractivity contribution in [3.63, 3.8) is 0 Å². The van der Waals surface area contributed by atoms with Crippen LogP contribution >= 0.6 is 11.3 Å². The van der Waals surface area contributed by atoms with Crippen molar-refractivity contribution in [3.8, 4) is 0 Å². The molecule has 21 heavy (non-hydrogen) atoms. The number of thiazole rings is 1. The predicted molar refractivity (Wildman–Crippen MR) is 80.3 cm³/mol. The number of hydrogen-bond donors (Lipinski definition) is 3. The maximum absolute atomic E-state index is 12.3. The first-order chi connectivity index (χ1) is 9.97. The Morgan fingerprint density at radius 1 is 1.62 bits per heavy atom. The van der Waals surface area contributed by atoms with Gasteiger partial charge in [0.15, 0.2) is 0 Å². The highest BCUT2D eigenvalue weighted by Gasteiger charge is 2.43. The monoisotopic (exact) mass is 311 g/mol. The number of nitrogens with zero attached hydrogens (tertiary/aromatic N) is 1. The van der Waals surface area contributed by atoms with Crippen LogP contribution in [0.2, 0.25) is 0 Å².